The topological polar surface area (TPSA) is 65.0 Å². The molecule has 0 spiro atoms. The van der Waals surface area contributed by atoms with E-state index in [9.17, 15) is 9.90 Å². The minimum Gasteiger partial charge on any atom is -0.497 e. The van der Waals surface area contributed by atoms with Gasteiger partial charge in [0.1, 0.15) is 11.5 Å². The van der Waals surface area contributed by atoms with Gasteiger partial charge in [-0.3, -0.25) is 0 Å². The summed E-state index contributed by atoms with van der Waals surface area (Å²) in [6.45, 7) is 2.48. The van der Waals surface area contributed by atoms with Gasteiger partial charge in [0.2, 0.25) is 0 Å². The first-order chi connectivity index (χ1) is 9.62. The Morgan fingerprint density at radius 1 is 1.30 bits per heavy atom. The maximum absolute atomic E-state index is 11.2. The summed E-state index contributed by atoms with van der Waals surface area (Å²) in [6.07, 6.45) is 1.23. The molecule has 1 rings (SSSR count). The highest BCUT2D eigenvalue weighted by Crippen LogP contribution is 2.26. The summed E-state index contributed by atoms with van der Waals surface area (Å²) in [5.41, 5.74) is 0.789. The Kier molecular flexibility index (Phi) is 6.87. The van der Waals surface area contributed by atoms with Crippen LogP contribution in [0.1, 0.15) is 25.3 Å². The van der Waals surface area contributed by atoms with E-state index in [2.05, 4.69) is 0 Å². The van der Waals surface area contributed by atoms with Crippen molar-refractivity contribution in [3.63, 3.8) is 0 Å². The summed E-state index contributed by atoms with van der Waals surface area (Å²) in [5.74, 6) is 0.318. The smallest absolute Gasteiger partial charge is 0.333 e. The van der Waals surface area contributed by atoms with Crippen molar-refractivity contribution in [2.45, 2.75) is 32.3 Å². The van der Waals surface area contributed by atoms with Crippen LogP contribution in [0.25, 0.3) is 0 Å². The fourth-order valence-electron chi connectivity index (χ4n) is 1.81. The number of carbonyl (C=O) groups is 1. The molecule has 5 nitrogen and oxygen atoms in total. The number of carboxylic acids is 1. The number of aliphatic carboxylic acids is 1. The van der Waals surface area contributed by atoms with Gasteiger partial charge in [-0.15, -0.1) is 0 Å². The summed E-state index contributed by atoms with van der Waals surface area (Å²) in [7, 11) is 3.12. The number of hydrogen-bond acceptors (Lipinski definition) is 4. The summed E-state index contributed by atoms with van der Waals surface area (Å²) in [6, 6.07) is 5.32. The molecule has 0 saturated carbocycles. The monoisotopic (exact) mass is 282 g/mol. The van der Waals surface area contributed by atoms with Crippen molar-refractivity contribution >= 4 is 5.97 Å². The molecule has 112 valence electrons. The fraction of sp³-hybridized carbons (Fsp3) is 0.533. The van der Waals surface area contributed by atoms with Crippen molar-refractivity contribution in [3.8, 4) is 11.5 Å². The number of methoxy groups -OCH3 is 2. The van der Waals surface area contributed by atoms with Gasteiger partial charge in [0.05, 0.1) is 14.2 Å². The van der Waals surface area contributed by atoms with Crippen LogP contribution in [0.2, 0.25) is 0 Å². The molecule has 20 heavy (non-hydrogen) atoms. The lowest BCUT2D eigenvalue weighted by atomic mass is 10.1. The first-order valence-electron chi connectivity index (χ1n) is 6.67. The van der Waals surface area contributed by atoms with Gasteiger partial charge in [-0.1, -0.05) is 19.4 Å². The second-order valence-corrected chi connectivity index (χ2v) is 4.43. The Labute approximate surface area is 119 Å². The largest absolute Gasteiger partial charge is 0.497 e. The van der Waals surface area contributed by atoms with Crippen LogP contribution >= 0.6 is 0 Å². The van der Waals surface area contributed by atoms with Crippen LogP contribution < -0.4 is 9.47 Å². The Morgan fingerprint density at radius 2 is 2.05 bits per heavy atom. The molecule has 0 unspecified atom stereocenters. The van der Waals surface area contributed by atoms with Crippen LogP contribution in [0.3, 0.4) is 0 Å². The molecule has 0 radical (unpaired) electrons. The highest BCUT2D eigenvalue weighted by molar-refractivity contribution is 5.73. The standard InChI is InChI=1S/C15H22O5/c1-4-5-8-20-14(15(16)17)9-11-6-7-12(18-2)10-13(11)19-3/h6-7,10,14H,4-5,8-9H2,1-3H3,(H,16,17)/t14-/m1/s1. The quantitative estimate of drug-likeness (QED) is 0.705. The number of rotatable bonds is 9. The van der Waals surface area contributed by atoms with Gasteiger partial charge in [-0.2, -0.15) is 0 Å². The summed E-state index contributed by atoms with van der Waals surface area (Å²) < 4.78 is 15.8. The van der Waals surface area contributed by atoms with E-state index < -0.39 is 12.1 Å². The number of benzene rings is 1. The Morgan fingerprint density at radius 3 is 2.60 bits per heavy atom. The first-order valence-corrected chi connectivity index (χ1v) is 6.67. The molecule has 1 N–H and O–H groups in total. The van der Waals surface area contributed by atoms with E-state index in [0.29, 0.717) is 18.1 Å². The van der Waals surface area contributed by atoms with Crippen LogP contribution in [0.15, 0.2) is 18.2 Å². The molecule has 0 aliphatic heterocycles. The maximum atomic E-state index is 11.2. The molecular formula is C15H22O5. The maximum Gasteiger partial charge on any atom is 0.333 e. The fourth-order valence-corrected chi connectivity index (χ4v) is 1.81. The molecule has 5 heteroatoms. The predicted molar refractivity (Wildman–Crippen MR) is 75.5 cm³/mol. The first kappa shape index (κ1) is 16.3. The molecule has 0 aliphatic carbocycles. The van der Waals surface area contributed by atoms with Gasteiger partial charge >= 0.3 is 5.97 Å². The summed E-state index contributed by atoms with van der Waals surface area (Å²) >= 11 is 0. The van der Waals surface area contributed by atoms with Crippen LogP contribution in [0.5, 0.6) is 11.5 Å². The third-order valence-corrected chi connectivity index (χ3v) is 2.99. The second kappa shape index (κ2) is 8.43. The van der Waals surface area contributed by atoms with Crippen molar-refractivity contribution in [2.75, 3.05) is 20.8 Å². The van der Waals surface area contributed by atoms with Crippen molar-refractivity contribution in [2.24, 2.45) is 0 Å². The van der Waals surface area contributed by atoms with Crippen LogP contribution in [0.4, 0.5) is 0 Å². The predicted octanol–water partition coefficient (Wildman–Crippen LogP) is 2.52. The Balaban J connectivity index is 2.79. The van der Waals surface area contributed by atoms with Gasteiger partial charge in [0.25, 0.3) is 0 Å². The van der Waals surface area contributed by atoms with Crippen molar-refractivity contribution in [3.05, 3.63) is 23.8 Å². The molecule has 0 fully saturated rings. The van der Waals surface area contributed by atoms with Gasteiger partial charge in [-0.05, 0) is 18.1 Å². The van der Waals surface area contributed by atoms with Gasteiger partial charge in [-0.25, -0.2) is 4.79 Å². The highest BCUT2D eigenvalue weighted by Gasteiger charge is 2.20. The zero-order valence-corrected chi connectivity index (χ0v) is 12.2. The highest BCUT2D eigenvalue weighted by atomic mass is 16.5. The molecule has 0 aromatic heterocycles. The summed E-state index contributed by atoms with van der Waals surface area (Å²) in [4.78, 5) is 11.2. The lowest BCUT2D eigenvalue weighted by molar-refractivity contribution is -0.150. The van der Waals surface area contributed by atoms with Gasteiger partial charge < -0.3 is 19.3 Å². The van der Waals surface area contributed by atoms with Crippen molar-refractivity contribution in [1.82, 2.24) is 0 Å². The van der Waals surface area contributed by atoms with Crippen LogP contribution in [-0.4, -0.2) is 38.0 Å². The Bertz CT molecular complexity index is 430. The normalized spacial score (nSPS) is 11.9. The van der Waals surface area contributed by atoms with E-state index in [1.54, 1.807) is 32.4 Å². The number of ether oxygens (including phenoxy) is 3. The van der Waals surface area contributed by atoms with Crippen LogP contribution in [0, 0.1) is 0 Å². The minimum absolute atomic E-state index is 0.270. The third kappa shape index (κ3) is 4.74. The number of hydrogen-bond donors (Lipinski definition) is 1. The lowest BCUT2D eigenvalue weighted by Gasteiger charge is -2.16. The van der Waals surface area contributed by atoms with Gasteiger partial charge in [0, 0.05) is 19.1 Å². The number of carboxylic acid groups (broad SMARTS) is 1. The molecule has 1 aromatic rings. The van der Waals surface area contributed by atoms with Crippen LogP contribution in [-0.2, 0) is 16.0 Å². The Hall–Kier alpha value is -1.75. The average molecular weight is 282 g/mol. The molecule has 0 amide bonds. The van der Waals surface area contributed by atoms with E-state index in [1.165, 1.54) is 0 Å². The van der Waals surface area contributed by atoms with Crippen molar-refractivity contribution in [1.29, 1.82) is 0 Å². The molecular weight excluding hydrogens is 260 g/mol. The summed E-state index contributed by atoms with van der Waals surface area (Å²) in [5, 5.41) is 9.21. The third-order valence-electron chi connectivity index (χ3n) is 2.99. The second-order valence-electron chi connectivity index (χ2n) is 4.43. The zero-order chi connectivity index (χ0) is 15.0. The van der Waals surface area contributed by atoms with Gasteiger partial charge in [0.15, 0.2) is 6.10 Å². The average Bonchev–Trinajstić information content (AvgIpc) is 2.46. The molecule has 0 heterocycles. The molecule has 0 saturated heterocycles. The number of unbranched alkanes of at least 4 members (excludes halogenated alkanes) is 1. The molecule has 0 aliphatic rings. The molecule has 0 bridgehead atoms. The van der Waals surface area contributed by atoms with Crippen molar-refractivity contribution < 1.29 is 24.1 Å². The minimum atomic E-state index is -0.959. The van der Waals surface area contributed by atoms with E-state index in [1.807, 2.05) is 6.92 Å². The van der Waals surface area contributed by atoms with E-state index in [-0.39, 0.29) is 6.42 Å². The molecule has 1 aromatic carbocycles. The molecule has 1 atom stereocenters. The van der Waals surface area contributed by atoms with E-state index in [0.717, 1.165) is 18.4 Å². The van der Waals surface area contributed by atoms with E-state index >= 15 is 0 Å². The zero-order valence-electron chi connectivity index (χ0n) is 12.2. The SMILES string of the molecule is CCCCO[C@H](Cc1ccc(OC)cc1OC)C(=O)O. The lowest BCUT2D eigenvalue weighted by Crippen LogP contribution is -2.27. The van der Waals surface area contributed by atoms with E-state index in [4.69, 9.17) is 14.2 Å².